The minimum Gasteiger partial charge on any atom is -0.461 e. The molecule has 25 heavy (non-hydrogen) atoms. The van der Waals surface area contributed by atoms with Crippen molar-refractivity contribution in [3.05, 3.63) is 53.4 Å². The summed E-state index contributed by atoms with van der Waals surface area (Å²) in [6, 6.07) is 7.60. The van der Waals surface area contributed by atoms with Crippen molar-refractivity contribution in [1.82, 2.24) is 20.1 Å². The average molecular weight is 374 g/mol. The third-order valence-electron chi connectivity index (χ3n) is 3.44. The Morgan fingerprint density at radius 1 is 1.48 bits per heavy atom. The molecule has 8 heteroatoms. The van der Waals surface area contributed by atoms with Crippen molar-refractivity contribution in [2.24, 2.45) is 0 Å². The summed E-state index contributed by atoms with van der Waals surface area (Å²) in [7, 11) is 0. The van der Waals surface area contributed by atoms with E-state index in [9.17, 15) is 4.79 Å². The standard InChI is InChI=1S/C17H18N4O2S2/c1-3-8-21-15(14-7-4-9-23-14)19-20-17(21)25-12(2)16(22)18-11-13-6-5-10-24-13/h3-7,9-10,12H,1,8,11H2,2H3,(H,18,22). The minimum atomic E-state index is -0.294. The van der Waals surface area contributed by atoms with Gasteiger partial charge in [-0.25, -0.2) is 0 Å². The second-order valence-corrected chi connectivity index (χ2v) is 7.58. The summed E-state index contributed by atoms with van der Waals surface area (Å²) in [6.45, 7) is 6.71. The maximum Gasteiger partial charge on any atom is 0.233 e. The van der Waals surface area contributed by atoms with Gasteiger partial charge in [0.2, 0.25) is 11.7 Å². The molecule has 0 radical (unpaired) electrons. The van der Waals surface area contributed by atoms with Crippen LogP contribution in [-0.2, 0) is 17.9 Å². The van der Waals surface area contributed by atoms with E-state index in [4.69, 9.17) is 4.42 Å². The highest BCUT2D eigenvalue weighted by atomic mass is 32.2. The maximum absolute atomic E-state index is 12.3. The zero-order valence-electron chi connectivity index (χ0n) is 13.7. The van der Waals surface area contributed by atoms with Crippen LogP contribution in [0.15, 0.2) is 58.1 Å². The zero-order chi connectivity index (χ0) is 17.6. The van der Waals surface area contributed by atoms with E-state index < -0.39 is 0 Å². The van der Waals surface area contributed by atoms with Crippen molar-refractivity contribution in [2.75, 3.05) is 0 Å². The molecular weight excluding hydrogens is 356 g/mol. The third kappa shape index (κ3) is 4.21. The van der Waals surface area contributed by atoms with Gasteiger partial charge in [-0.05, 0) is 30.5 Å². The van der Waals surface area contributed by atoms with E-state index in [1.54, 1.807) is 29.7 Å². The molecule has 0 saturated carbocycles. The molecule has 0 spiro atoms. The van der Waals surface area contributed by atoms with Gasteiger partial charge in [-0.1, -0.05) is 23.9 Å². The summed E-state index contributed by atoms with van der Waals surface area (Å²) < 4.78 is 7.30. The number of allylic oxidation sites excluding steroid dienone is 1. The van der Waals surface area contributed by atoms with E-state index in [2.05, 4.69) is 22.1 Å². The lowest BCUT2D eigenvalue weighted by Crippen LogP contribution is -2.30. The smallest absolute Gasteiger partial charge is 0.233 e. The first kappa shape index (κ1) is 17.5. The molecule has 1 amide bonds. The van der Waals surface area contributed by atoms with E-state index in [0.717, 1.165) is 4.88 Å². The monoisotopic (exact) mass is 374 g/mol. The van der Waals surface area contributed by atoms with Crippen molar-refractivity contribution < 1.29 is 9.21 Å². The van der Waals surface area contributed by atoms with Crippen molar-refractivity contribution in [1.29, 1.82) is 0 Å². The van der Waals surface area contributed by atoms with Crippen LogP contribution in [-0.4, -0.2) is 25.9 Å². The van der Waals surface area contributed by atoms with Crippen molar-refractivity contribution in [2.45, 2.75) is 30.4 Å². The first-order valence-electron chi connectivity index (χ1n) is 7.73. The number of thioether (sulfide) groups is 1. The summed E-state index contributed by atoms with van der Waals surface area (Å²) in [5, 5.41) is 13.7. The fourth-order valence-electron chi connectivity index (χ4n) is 2.20. The normalized spacial score (nSPS) is 12.0. The Morgan fingerprint density at radius 2 is 2.36 bits per heavy atom. The molecule has 3 heterocycles. The van der Waals surface area contributed by atoms with Crippen LogP contribution in [0.2, 0.25) is 0 Å². The maximum atomic E-state index is 12.3. The summed E-state index contributed by atoms with van der Waals surface area (Å²) in [6.07, 6.45) is 3.36. The molecule has 0 aliphatic rings. The van der Waals surface area contributed by atoms with Gasteiger partial charge in [0.15, 0.2) is 10.9 Å². The molecule has 0 bridgehead atoms. The number of aromatic nitrogens is 3. The molecule has 3 aromatic rings. The van der Waals surface area contributed by atoms with Crippen LogP contribution in [0, 0.1) is 0 Å². The Morgan fingerprint density at radius 3 is 3.04 bits per heavy atom. The lowest BCUT2D eigenvalue weighted by Gasteiger charge is -2.12. The average Bonchev–Trinajstić information content (AvgIpc) is 3.35. The Balaban J connectivity index is 1.69. The molecule has 0 fully saturated rings. The van der Waals surface area contributed by atoms with Gasteiger partial charge in [0, 0.05) is 11.4 Å². The van der Waals surface area contributed by atoms with Crippen LogP contribution in [0.1, 0.15) is 11.8 Å². The van der Waals surface area contributed by atoms with Gasteiger partial charge in [0.25, 0.3) is 0 Å². The fraction of sp³-hybridized carbons (Fsp3) is 0.235. The SMILES string of the molecule is C=CCn1c(SC(C)C(=O)NCc2cccs2)nnc1-c1ccco1. The van der Waals surface area contributed by atoms with Crippen molar-refractivity contribution in [3.8, 4) is 11.6 Å². The van der Waals surface area contributed by atoms with Gasteiger partial charge in [0.1, 0.15) is 0 Å². The number of carbonyl (C=O) groups excluding carboxylic acids is 1. The topological polar surface area (TPSA) is 73.0 Å². The van der Waals surface area contributed by atoms with Crippen LogP contribution in [0.5, 0.6) is 0 Å². The highest BCUT2D eigenvalue weighted by Gasteiger charge is 2.21. The highest BCUT2D eigenvalue weighted by molar-refractivity contribution is 8.00. The Hall–Kier alpha value is -2.32. The molecule has 130 valence electrons. The number of hydrogen-bond donors (Lipinski definition) is 1. The van der Waals surface area contributed by atoms with Gasteiger partial charge in [0.05, 0.1) is 18.1 Å². The van der Waals surface area contributed by atoms with Gasteiger partial charge < -0.3 is 9.73 Å². The van der Waals surface area contributed by atoms with Crippen LogP contribution >= 0.6 is 23.1 Å². The Kier molecular flexibility index (Phi) is 5.72. The predicted molar refractivity (Wildman–Crippen MR) is 99.4 cm³/mol. The quantitative estimate of drug-likeness (QED) is 0.482. The number of rotatable bonds is 8. The Labute approximate surface area is 154 Å². The van der Waals surface area contributed by atoms with Gasteiger partial charge in [-0.15, -0.1) is 28.1 Å². The summed E-state index contributed by atoms with van der Waals surface area (Å²) >= 11 is 2.99. The molecule has 1 unspecified atom stereocenters. The molecular formula is C17H18N4O2S2. The third-order valence-corrected chi connectivity index (χ3v) is 5.40. The fourth-order valence-corrected chi connectivity index (χ4v) is 3.73. The van der Waals surface area contributed by atoms with E-state index in [0.29, 0.717) is 29.8 Å². The molecule has 3 aromatic heterocycles. The second-order valence-electron chi connectivity index (χ2n) is 5.24. The molecule has 0 saturated heterocycles. The lowest BCUT2D eigenvalue weighted by molar-refractivity contribution is -0.120. The number of amides is 1. The Bertz CT molecular complexity index is 825. The first-order chi connectivity index (χ1) is 12.2. The molecule has 0 aliphatic heterocycles. The van der Waals surface area contributed by atoms with E-state index >= 15 is 0 Å². The van der Waals surface area contributed by atoms with Gasteiger partial charge >= 0.3 is 0 Å². The van der Waals surface area contributed by atoms with Crippen molar-refractivity contribution in [3.63, 3.8) is 0 Å². The van der Waals surface area contributed by atoms with E-state index in [-0.39, 0.29) is 11.2 Å². The summed E-state index contributed by atoms with van der Waals surface area (Å²) in [5.74, 6) is 1.22. The molecule has 0 aliphatic carbocycles. The van der Waals surface area contributed by atoms with Crippen LogP contribution in [0.25, 0.3) is 11.6 Å². The van der Waals surface area contributed by atoms with E-state index in [1.807, 2.05) is 35.1 Å². The molecule has 0 aromatic carbocycles. The first-order valence-corrected chi connectivity index (χ1v) is 9.49. The predicted octanol–water partition coefficient (Wildman–Crippen LogP) is 3.58. The lowest BCUT2D eigenvalue weighted by atomic mass is 10.4. The van der Waals surface area contributed by atoms with Gasteiger partial charge in [-0.3, -0.25) is 9.36 Å². The number of hydrogen-bond acceptors (Lipinski definition) is 6. The van der Waals surface area contributed by atoms with Crippen LogP contribution < -0.4 is 5.32 Å². The van der Waals surface area contributed by atoms with Gasteiger partial charge in [-0.2, -0.15) is 0 Å². The molecule has 3 rings (SSSR count). The number of furan rings is 1. The number of carbonyl (C=O) groups is 1. The van der Waals surface area contributed by atoms with Crippen LogP contribution in [0.4, 0.5) is 0 Å². The number of nitrogens with zero attached hydrogens (tertiary/aromatic N) is 3. The summed E-state index contributed by atoms with van der Waals surface area (Å²) in [4.78, 5) is 13.4. The number of thiophene rings is 1. The van der Waals surface area contributed by atoms with Crippen LogP contribution in [0.3, 0.4) is 0 Å². The molecule has 1 atom stereocenters. The van der Waals surface area contributed by atoms with Crippen molar-refractivity contribution >= 4 is 29.0 Å². The second kappa shape index (κ2) is 8.17. The largest absolute Gasteiger partial charge is 0.461 e. The van der Waals surface area contributed by atoms with E-state index in [1.165, 1.54) is 11.8 Å². The molecule has 6 nitrogen and oxygen atoms in total. The summed E-state index contributed by atoms with van der Waals surface area (Å²) in [5.41, 5.74) is 0. The minimum absolute atomic E-state index is 0.0360. The highest BCUT2D eigenvalue weighted by Crippen LogP contribution is 2.27. The number of nitrogens with one attached hydrogen (secondary N) is 1. The molecule has 1 N–H and O–H groups in total. The zero-order valence-corrected chi connectivity index (χ0v) is 15.3.